The van der Waals surface area contributed by atoms with Gasteiger partial charge in [0.15, 0.2) is 0 Å². The van der Waals surface area contributed by atoms with Gasteiger partial charge >= 0.3 is 0 Å². The van der Waals surface area contributed by atoms with Gasteiger partial charge in [-0.2, -0.15) is 5.26 Å². The second kappa shape index (κ2) is 6.19. The Labute approximate surface area is 143 Å². The first-order valence-corrected chi connectivity index (χ1v) is 8.09. The molecule has 6 nitrogen and oxygen atoms in total. The predicted molar refractivity (Wildman–Crippen MR) is 84.0 cm³/mol. The minimum atomic E-state index is -0.657. The topological polar surface area (TPSA) is 91.0 Å². The van der Waals surface area contributed by atoms with Crippen molar-refractivity contribution in [2.24, 2.45) is 5.73 Å². The third-order valence-electron chi connectivity index (χ3n) is 4.87. The minimum absolute atomic E-state index is 0.0657. The molecule has 130 valence electrons. The normalized spacial score (nSPS) is 26.4. The molecule has 2 aliphatic heterocycles. The number of nitrogens with zero attached hydrogens (tertiary/aromatic N) is 3. The third-order valence-corrected chi connectivity index (χ3v) is 4.87. The summed E-state index contributed by atoms with van der Waals surface area (Å²) >= 11 is 0. The lowest BCUT2D eigenvalue weighted by Gasteiger charge is -2.38. The van der Waals surface area contributed by atoms with E-state index >= 15 is 0 Å². The molecule has 0 spiro atoms. The summed E-state index contributed by atoms with van der Waals surface area (Å²) in [6.45, 7) is 1.64. The van der Waals surface area contributed by atoms with Crippen LogP contribution in [0.15, 0.2) is 18.2 Å². The lowest BCUT2D eigenvalue weighted by Crippen LogP contribution is -2.47. The number of fused-ring (bicyclic) bond motifs is 1. The molecule has 1 fully saturated rings. The van der Waals surface area contributed by atoms with Crippen molar-refractivity contribution in [3.05, 3.63) is 52.6 Å². The summed E-state index contributed by atoms with van der Waals surface area (Å²) in [7, 11) is 0. The zero-order valence-corrected chi connectivity index (χ0v) is 13.4. The van der Waals surface area contributed by atoms with Crippen molar-refractivity contribution in [1.29, 1.82) is 5.26 Å². The molecule has 0 amide bonds. The van der Waals surface area contributed by atoms with E-state index in [0.29, 0.717) is 31.9 Å². The van der Waals surface area contributed by atoms with Crippen LogP contribution in [0.4, 0.5) is 8.78 Å². The maximum Gasteiger partial charge on any atom is 0.210 e. The van der Waals surface area contributed by atoms with Gasteiger partial charge in [-0.05, 0) is 24.6 Å². The minimum Gasteiger partial charge on any atom is -0.370 e. The number of aromatic nitrogens is 2. The number of benzene rings is 1. The highest BCUT2D eigenvalue weighted by Crippen LogP contribution is 2.33. The van der Waals surface area contributed by atoms with Gasteiger partial charge < -0.3 is 15.5 Å². The number of hydrogen-bond donors (Lipinski definition) is 2. The van der Waals surface area contributed by atoms with Gasteiger partial charge in [0.1, 0.15) is 23.8 Å². The number of nitriles is 1. The van der Waals surface area contributed by atoms with Crippen LogP contribution in [0.1, 0.15) is 35.3 Å². The van der Waals surface area contributed by atoms with E-state index in [-0.39, 0.29) is 11.6 Å². The number of nitrogens with one attached hydrogen (secondary N) is 1. The van der Waals surface area contributed by atoms with Crippen molar-refractivity contribution in [2.45, 2.75) is 37.7 Å². The Morgan fingerprint density at radius 3 is 2.92 bits per heavy atom. The molecule has 8 heteroatoms. The molecule has 0 radical (unpaired) electrons. The standard InChI is InChI=1S/C17H17F2N5O/c18-9-1-2-12(19)11(3-9)17-13(21)4-10(8-25-17)24-6-14-15(7-24)23-16(5-20)22-14/h1-3,10,13,17H,4,6-8,21H2,(H,22,23)/t10?,13-,17+/m0/s1. The summed E-state index contributed by atoms with van der Waals surface area (Å²) in [6, 6.07) is 4.95. The summed E-state index contributed by atoms with van der Waals surface area (Å²) in [6.07, 6.45) is -0.0496. The molecule has 1 unspecified atom stereocenters. The van der Waals surface area contributed by atoms with E-state index in [9.17, 15) is 8.78 Å². The Balaban J connectivity index is 1.45. The van der Waals surface area contributed by atoms with Gasteiger partial charge in [-0.3, -0.25) is 4.90 Å². The van der Waals surface area contributed by atoms with Gasteiger partial charge in [0.25, 0.3) is 0 Å². The highest BCUT2D eigenvalue weighted by molar-refractivity contribution is 5.26. The largest absolute Gasteiger partial charge is 0.370 e. The van der Waals surface area contributed by atoms with E-state index in [1.165, 1.54) is 0 Å². The first-order valence-electron chi connectivity index (χ1n) is 8.09. The number of aromatic amines is 1. The van der Waals surface area contributed by atoms with Crippen LogP contribution in [0, 0.1) is 23.0 Å². The molecule has 4 rings (SSSR count). The summed E-state index contributed by atoms with van der Waals surface area (Å²) in [4.78, 5) is 9.40. The fourth-order valence-electron chi connectivity index (χ4n) is 3.62. The lowest BCUT2D eigenvalue weighted by atomic mass is 9.93. The second-order valence-electron chi connectivity index (χ2n) is 6.50. The van der Waals surface area contributed by atoms with E-state index < -0.39 is 23.8 Å². The maximum absolute atomic E-state index is 14.0. The quantitative estimate of drug-likeness (QED) is 0.865. The van der Waals surface area contributed by atoms with Gasteiger partial charge in [-0.1, -0.05) is 0 Å². The molecule has 2 aliphatic rings. The molecular weight excluding hydrogens is 328 g/mol. The number of halogens is 2. The fraction of sp³-hybridized carbons (Fsp3) is 0.412. The number of rotatable bonds is 2. The molecule has 3 atom stereocenters. The Kier molecular flexibility index (Phi) is 4.00. The Hall–Kier alpha value is -2.34. The highest BCUT2D eigenvalue weighted by atomic mass is 19.1. The predicted octanol–water partition coefficient (Wildman–Crippen LogP) is 1.73. The molecule has 3 heterocycles. The van der Waals surface area contributed by atoms with E-state index in [4.69, 9.17) is 15.7 Å². The smallest absolute Gasteiger partial charge is 0.210 e. The third kappa shape index (κ3) is 2.91. The summed E-state index contributed by atoms with van der Waals surface area (Å²) in [5.41, 5.74) is 8.17. The maximum atomic E-state index is 14.0. The van der Waals surface area contributed by atoms with E-state index in [0.717, 1.165) is 29.6 Å². The fourth-order valence-corrected chi connectivity index (χ4v) is 3.62. The van der Waals surface area contributed by atoms with Gasteiger partial charge in [0.2, 0.25) is 5.82 Å². The van der Waals surface area contributed by atoms with E-state index in [1.807, 2.05) is 6.07 Å². The molecule has 0 aliphatic carbocycles. The van der Waals surface area contributed by atoms with Crippen molar-refractivity contribution in [1.82, 2.24) is 14.9 Å². The van der Waals surface area contributed by atoms with Gasteiger partial charge in [0.05, 0.1) is 18.0 Å². The van der Waals surface area contributed by atoms with Crippen molar-refractivity contribution in [3.63, 3.8) is 0 Å². The van der Waals surface area contributed by atoms with E-state index in [1.54, 1.807) is 0 Å². The van der Waals surface area contributed by atoms with Gasteiger partial charge in [-0.15, -0.1) is 0 Å². The molecule has 0 bridgehead atoms. The van der Waals surface area contributed by atoms with Crippen LogP contribution in [0.3, 0.4) is 0 Å². The zero-order valence-electron chi connectivity index (χ0n) is 13.4. The number of imidazole rings is 1. The van der Waals surface area contributed by atoms with Crippen LogP contribution in [-0.4, -0.2) is 33.6 Å². The van der Waals surface area contributed by atoms with Crippen LogP contribution in [0.5, 0.6) is 0 Å². The highest BCUT2D eigenvalue weighted by Gasteiger charge is 2.37. The van der Waals surface area contributed by atoms with Crippen LogP contribution in [-0.2, 0) is 17.8 Å². The van der Waals surface area contributed by atoms with Gasteiger partial charge in [-0.25, -0.2) is 13.8 Å². The average Bonchev–Trinajstić information content (AvgIpc) is 3.15. The SMILES string of the molecule is N#Cc1nc2c([nH]1)CN(C1CO[C@H](c3cc(F)ccc3F)[C@@H](N)C1)C2. The molecule has 1 aromatic carbocycles. The van der Waals surface area contributed by atoms with Crippen molar-refractivity contribution in [3.8, 4) is 6.07 Å². The van der Waals surface area contributed by atoms with Crippen LogP contribution in [0.2, 0.25) is 0 Å². The monoisotopic (exact) mass is 345 g/mol. The molecule has 2 aromatic rings. The lowest BCUT2D eigenvalue weighted by molar-refractivity contribution is -0.0534. The molecule has 0 saturated carbocycles. The van der Waals surface area contributed by atoms with Crippen LogP contribution < -0.4 is 5.73 Å². The summed E-state index contributed by atoms with van der Waals surface area (Å²) in [5.74, 6) is -0.695. The number of H-pyrrole nitrogens is 1. The van der Waals surface area contributed by atoms with Crippen molar-refractivity contribution >= 4 is 0 Å². The molecule has 1 saturated heterocycles. The molecule has 25 heavy (non-hydrogen) atoms. The molecular formula is C17H17F2N5O. The molecule has 1 aromatic heterocycles. The average molecular weight is 345 g/mol. The number of ether oxygens (including phenoxy) is 1. The summed E-state index contributed by atoms with van der Waals surface area (Å²) < 4.78 is 33.2. The Morgan fingerprint density at radius 1 is 1.36 bits per heavy atom. The second-order valence-corrected chi connectivity index (χ2v) is 6.50. The number of hydrogen-bond acceptors (Lipinski definition) is 5. The first-order chi connectivity index (χ1) is 12.0. The zero-order chi connectivity index (χ0) is 17.6. The summed E-state index contributed by atoms with van der Waals surface area (Å²) in [5, 5.41) is 8.87. The number of nitrogens with two attached hydrogens (primary N) is 1. The first kappa shape index (κ1) is 16.1. The Morgan fingerprint density at radius 2 is 2.20 bits per heavy atom. The van der Waals surface area contributed by atoms with Crippen molar-refractivity contribution in [2.75, 3.05) is 6.61 Å². The molecule has 3 N–H and O–H groups in total. The van der Waals surface area contributed by atoms with Crippen LogP contribution in [0.25, 0.3) is 0 Å². The van der Waals surface area contributed by atoms with E-state index in [2.05, 4.69) is 14.9 Å². The Bertz CT molecular complexity index is 823. The van der Waals surface area contributed by atoms with Gasteiger partial charge in [0, 0.05) is 30.7 Å². The van der Waals surface area contributed by atoms with Crippen LogP contribution >= 0.6 is 0 Å². The van der Waals surface area contributed by atoms with Crippen molar-refractivity contribution < 1.29 is 13.5 Å².